The average molecular weight is 308 g/mol. The molecule has 0 spiro atoms. The van der Waals surface area contributed by atoms with E-state index in [2.05, 4.69) is 10.4 Å². The van der Waals surface area contributed by atoms with Gasteiger partial charge in [0, 0.05) is 26.1 Å². The summed E-state index contributed by atoms with van der Waals surface area (Å²) in [5, 5.41) is 0. The van der Waals surface area contributed by atoms with E-state index in [1.165, 1.54) is 0 Å². The lowest BCUT2D eigenvalue weighted by molar-refractivity contribution is -0.134. The fraction of sp³-hybridized carbons (Fsp3) is 0.562. The third-order valence-corrected chi connectivity index (χ3v) is 3.36. The maximum Gasteiger partial charge on any atom is 0.243 e. The Hall–Kier alpha value is -1.63. The number of benzene rings is 1. The lowest BCUT2D eigenvalue weighted by Gasteiger charge is -2.26. The molecule has 22 heavy (non-hydrogen) atoms. The predicted octanol–water partition coefficient (Wildman–Crippen LogP) is 1.23. The minimum atomic E-state index is -0.112. The Morgan fingerprint density at radius 3 is 2.73 bits per heavy atom. The first-order valence-corrected chi connectivity index (χ1v) is 7.73. The monoisotopic (exact) mass is 308 g/mol. The first-order chi connectivity index (χ1) is 10.8. The van der Waals surface area contributed by atoms with Crippen molar-refractivity contribution in [2.75, 3.05) is 46.1 Å². The molecule has 1 N–H and O–H groups in total. The largest absolute Gasteiger partial charge is 0.494 e. The van der Waals surface area contributed by atoms with Crippen molar-refractivity contribution >= 4 is 5.91 Å². The molecule has 6 heteroatoms. The summed E-state index contributed by atoms with van der Waals surface area (Å²) in [6.07, 6.45) is 1.05. The van der Waals surface area contributed by atoms with Crippen LogP contribution in [0.25, 0.3) is 0 Å². The summed E-state index contributed by atoms with van der Waals surface area (Å²) in [4.78, 5) is 19.0. The van der Waals surface area contributed by atoms with E-state index in [-0.39, 0.29) is 5.91 Å². The van der Waals surface area contributed by atoms with Crippen molar-refractivity contribution < 1.29 is 19.1 Å². The van der Waals surface area contributed by atoms with Crippen LogP contribution in [0, 0.1) is 0 Å². The molecule has 1 aliphatic heterocycles. The quantitative estimate of drug-likeness (QED) is 0.549. The van der Waals surface area contributed by atoms with E-state index in [4.69, 9.17) is 14.3 Å². The number of ether oxygens (including phenoxy) is 2. The van der Waals surface area contributed by atoms with Gasteiger partial charge in [-0.2, -0.15) is 0 Å². The number of hydrogen-bond acceptors (Lipinski definition) is 5. The highest BCUT2D eigenvalue weighted by Gasteiger charge is 2.09. The molecule has 2 rings (SSSR count). The van der Waals surface area contributed by atoms with Crippen LogP contribution in [-0.4, -0.2) is 56.9 Å². The fourth-order valence-corrected chi connectivity index (χ4v) is 2.12. The van der Waals surface area contributed by atoms with Gasteiger partial charge in [-0.3, -0.25) is 14.5 Å². The van der Waals surface area contributed by atoms with E-state index in [9.17, 15) is 4.79 Å². The predicted molar refractivity (Wildman–Crippen MR) is 82.5 cm³/mol. The molecule has 0 aliphatic carbocycles. The highest BCUT2D eigenvalue weighted by Crippen LogP contribution is 2.08. The third kappa shape index (κ3) is 6.89. The van der Waals surface area contributed by atoms with Crippen molar-refractivity contribution in [3.8, 4) is 5.75 Å². The molecule has 1 heterocycles. The van der Waals surface area contributed by atoms with Gasteiger partial charge in [-0.25, -0.2) is 5.48 Å². The van der Waals surface area contributed by atoms with Crippen molar-refractivity contribution in [3.63, 3.8) is 0 Å². The second-order valence-corrected chi connectivity index (χ2v) is 5.09. The number of carbonyl (C=O) groups is 1. The SMILES string of the molecule is O=C(CCCOc1ccccc1)NOCCN1CCOCC1. The number of para-hydroxylation sites is 1. The summed E-state index contributed by atoms with van der Waals surface area (Å²) in [6.45, 7) is 5.21. The van der Waals surface area contributed by atoms with Crippen LogP contribution in [0.1, 0.15) is 12.8 Å². The Kier molecular flexibility index (Phi) is 7.73. The van der Waals surface area contributed by atoms with Crippen molar-refractivity contribution in [1.82, 2.24) is 10.4 Å². The van der Waals surface area contributed by atoms with Crippen LogP contribution in [0.5, 0.6) is 5.75 Å². The van der Waals surface area contributed by atoms with Crippen LogP contribution in [0.4, 0.5) is 0 Å². The number of hydroxylamine groups is 1. The van der Waals surface area contributed by atoms with E-state index in [0.717, 1.165) is 38.6 Å². The molecular weight excluding hydrogens is 284 g/mol. The van der Waals surface area contributed by atoms with Crippen LogP contribution in [0.2, 0.25) is 0 Å². The van der Waals surface area contributed by atoms with E-state index < -0.39 is 0 Å². The number of rotatable bonds is 9. The Balaban J connectivity index is 1.44. The Morgan fingerprint density at radius 2 is 1.95 bits per heavy atom. The summed E-state index contributed by atoms with van der Waals surface area (Å²) in [5.74, 6) is 0.711. The van der Waals surface area contributed by atoms with Gasteiger partial charge >= 0.3 is 0 Å². The second-order valence-electron chi connectivity index (χ2n) is 5.09. The first-order valence-electron chi connectivity index (χ1n) is 7.73. The Bertz CT molecular complexity index is 421. The van der Waals surface area contributed by atoms with Crippen LogP contribution >= 0.6 is 0 Å². The van der Waals surface area contributed by atoms with Gasteiger partial charge in [-0.1, -0.05) is 18.2 Å². The number of nitrogens with zero attached hydrogens (tertiary/aromatic N) is 1. The average Bonchev–Trinajstić information content (AvgIpc) is 2.57. The molecule has 0 atom stereocenters. The molecule has 0 saturated carbocycles. The highest BCUT2D eigenvalue weighted by molar-refractivity contribution is 5.74. The first kappa shape index (κ1) is 16.7. The summed E-state index contributed by atoms with van der Waals surface area (Å²) < 4.78 is 10.8. The number of hydrogen-bond donors (Lipinski definition) is 1. The zero-order valence-electron chi connectivity index (χ0n) is 12.8. The highest BCUT2D eigenvalue weighted by atomic mass is 16.7. The maximum atomic E-state index is 11.6. The van der Waals surface area contributed by atoms with Crippen molar-refractivity contribution in [1.29, 1.82) is 0 Å². The molecule has 6 nitrogen and oxygen atoms in total. The van der Waals surface area contributed by atoms with Gasteiger partial charge in [0.1, 0.15) is 5.75 Å². The molecule has 1 fully saturated rings. The van der Waals surface area contributed by atoms with Crippen LogP contribution in [0.15, 0.2) is 30.3 Å². The molecule has 1 amide bonds. The maximum absolute atomic E-state index is 11.6. The van der Waals surface area contributed by atoms with Gasteiger partial charge in [0.2, 0.25) is 5.91 Å². The molecule has 1 aromatic rings. The van der Waals surface area contributed by atoms with E-state index >= 15 is 0 Å². The molecule has 1 aromatic carbocycles. The molecular formula is C16H24N2O4. The van der Waals surface area contributed by atoms with Crippen LogP contribution < -0.4 is 10.2 Å². The minimum absolute atomic E-state index is 0.112. The number of morpholine rings is 1. The third-order valence-electron chi connectivity index (χ3n) is 3.36. The zero-order chi connectivity index (χ0) is 15.5. The summed E-state index contributed by atoms with van der Waals surface area (Å²) >= 11 is 0. The number of amides is 1. The summed E-state index contributed by atoms with van der Waals surface area (Å²) in [7, 11) is 0. The van der Waals surface area contributed by atoms with Gasteiger partial charge in [0.15, 0.2) is 0 Å². The second kappa shape index (κ2) is 10.2. The standard InChI is InChI=1S/C16H24N2O4/c19-16(7-4-11-21-15-5-2-1-3-6-15)17-22-14-10-18-8-12-20-13-9-18/h1-3,5-6H,4,7-14H2,(H,17,19). The van der Waals surface area contributed by atoms with Crippen molar-refractivity contribution in [2.24, 2.45) is 0 Å². The minimum Gasteiger partial charge on any atom is -0.494 e. The zero-order valence-corrected chi connectivity index (χ0v) is 12.8. The van der Waals surface area contributed by atoms with Gasteiger partial charge < -0.3 is 9.47 Å². The van der Waals surface area contributed by atoms with Crippen molar-refractivity contribution in [2.45, 2.75) is 12.8 Å². The number of carbonyl (C=O) groups excluding carboxylic acids is 1. The summed E-state index contributed by atoms with van der Waals surface area (Å²) in [6, 6.07) is 9.58. The van der Waals surface area contributed by atoms with E-state index in [1.54, 1.807) is 0 Å². The molecule has 122 valence electrons. The van der Waals surface area contributed by atoms with Gasteiger partial charge in [-0.15, -0.1) is 0 Å². The van der Waals surface area contributed by atoms with Gasteiger partial charge in [-0.05, 0) is 18.6 Å². The Morgan fingerprint density at radius 1 is 1.18 bits per heavy atom. The molecule has 0 aromatic heterocycles. The lowest BCUT2D eigenvalue weighted by Crippen LogP contribution is -2.39. The van der Waals surface area contributed by atoms with Crippen LogP contribution in [-0.2, 0) is 14.4 Å². The molecule has 1 saturated heterocycles. The van der Waals surface area contributed by atoms with Crippen LogP contribution in [0.3, 0.4) is 0 Å². The molecule has 0 radical (unpaired) electrons. The van der Waals surface area contributed by atoms with Gasteiger partial charge in [0.05, 0.1) is 26.4 Å². The number of nitrogens with one attached hydrogen (secondary N) is 1. The van der Waals surface area contributed by atoms with E-state index in [0.29, 0.717) is 26.1 Å². The lowest BCUT2D eigenvalue weighted by atomic mass is 10.3. The van der Waals surface area contributed by atoms with Gasteiger partial charge in [0.25, 0.3) is 0 Å². The smallest absolute Gasteiger partial charge is 0.243 e. The topological polar surface area (TPSA) is 60.0 Å². The fourth-order valence-electron chi connectivity index (χ4n) is 2.12. The van der Waals surface area contributed by atoms with E-state index in [1.807, 2.05) is 30.3 Å². The van der Waals surface area contributed by atoms with Crippen molar-refractivity contribution in [3.05, 3.63) is 30.3 Å². The summed E-state index contributed by atoms with van der Waals surface area (Å²) in [5.41, 5.74) is 2.47. The normalized spacial score (nSPS) is 15.5. The molecule has 0 bridgehead atoms. The molecule has 0 unspecified atom stereocenters. The Labute approximate surface area is 131 Å². The molecule has 1 aliphatic rings.